The zero-order chi connectivity index (χ0) is 13.7. The number of anilines is 2. The van der Waals surface area contributed by atoms with Gasteiger partial charge < -0.3 is 20.2 Å². The molecule has 0 saturated carbocycles. The number of aryl methyl sites for hydroxylation is 1. The number of nitrogen functional groups attached to an aromatic ring is 1. The van der Waals surface area contributed by atoms with E-state index in [1.165, 1.54) is 0 Å². The summed E-state index contributed by atoms with van der Waals surface area (Å²) in [5.41, 5.74) is 7.45. The Hall–Kier alpha value is -2.10. The van der Waals surface area contributed by atoms with E-state index in [2.05, 4.69) is 12.2 Å². The predicted molar refractivity (Wildman–Crippen MR) is 77.5 cm³/mol. The first-order valence-electron chi connectivity index (χ1n) is 6.41. The number of hydrogen-bond acceptors (Lipinski definition) is 4. The zero-order valence-electron chi connectivity index (χ0n) is 11.3. The molecule has 1 aromatic carbocycles. The number of hydrogen-bond donors (Lipinski definition) is 2. The van der Waals surface area contributed by atoms with Gasteiger partial charge in [-0.1, -0.05) is 0 Å². The fourth-order valence-corrected chi connectivity index (χ4v) is 1.97. The van der Waals surface area contributed by atoms with Crippen molar-refractivity contribution in [3.05, 3.63) is 42.4 Å². The summed E-state index contributed by atoms with van der Waals surface area (Å²) in [6.45, 7) is 2.14. The van der Waals surface area contributed by atoms with Gasteiger partial charge in [0.25, 0.3) is 0 Å². The van der Waals surface area contributed by atoms with Crippen LogP contribution in [0.4, 0.5) is 11.4 Å². The lowest BCUT2D eigenvalue weighted by molar-refractivity contribution is 0.417. The summed E-state index contributed by atoms with van der Waals surface area (Å²) >= 11 is 0. The van der Waals surface area contributed by atoms with Crippen molar-refractivity contribution in [2.75, 3.05) is 18.2 Å². The summed E-state index contributed by atoms with van der Waals surface area (Å²) in [4.78, 5) is 0. The van der Waals surface area contributed by atoms with Crippen molar-refractivity contribution in [2.24, 2.45) is 0 Å². The minimum absolute atomic E-state index is 0.346. The standard InChI is InChI=1S/C15H20N2O2/c1-11(5-7-13-4-3-9-19-13)17-12-6-8-14(16)15(10-12)18-2/h3-4,6,8-11,17H,5,7,16H2,1-2H3. The van der Waals surface area contributed by atoms with Crippen LogP contribution in [0.15, 0.2) is 41.0 Å². The molecule has 2 aromatic rings. The molecule has 2 rings (SSSR count). The highest BCUT2D eigenvalue weighted by atomic mass is 16.5. The molecule has 19 heavy (non-hydrogen) atoms. The summed E-state index contributed by atoms with van der Waals surface area (Å²) in [7, 11) is 1.62. The van der Waals surface area contributed by atoms with Gasteiger partial charge >= 0.3 is 0 Å². The van der Waals surface area contributed by atoms with Crippen LogP contribution in [0.1, 0.15) is 19.1 Å². The van der Waals surface area contributed by atoms with Crippen LogP contribution in [0.2, 0.25) is 0 Å². The van der Waals surface area contributed by atoms with Crippen LogP contribution in [-0.2, 0) is 6.42 Å². The zero-order valence-corrected chi connectivity index (χ0v) is 11.3. The Balaban J connectivity index is 1.89. The largest absolute Gasteiger partial charge is 0.495 e. The molecular formula is C15H20N2O2. The maximum Gasteiger partial charge on any atom is 0.143 e. The smallest absolute Gasteiger partial charge is 0.143 e. The monoisotopic (exact) mass is 260 g/mol. The van der Waals surface area contributed by atoms with Gasteiger partial charge in [-0.25, -0.2) is 0 Å². The van der Waals surface area contributed by atoms with Crippen molar-refractivity contribution in [2.45, 2.75) is 25.8 Å². The molecule has 0 bridgehead atoms. The Morgan fingerprint density at radius 2 is 2.21 bits per heavy atom. The molecular weight excluding hydrogens is 240 g/mol. The topological polar surface area (TPSA) is 60.4 Å². The van der Waals surface area contributed by atoms with Crippen molar-refractivity contribution < 1.29 is 9.15 Å². The molecule has 4 nitrogen and oxygen atoms in total. The lowest BCUT2D eigenvalue weighted by Crippen LogP contribution is -2.16. The average Bonchev–Trinajstić information content (AvgIpc) is 2.92. The third-order valence-corrected chi connectivity index (χ3v) is 3.05. The number of nitrogens with one attached hydrogen (secondary N) is 1. The van der Waals surface area contributed by atoms with Gasteiger partial charge in [-0.15, -0.1) is 0 Å². The quantitative estimate of drug-likeness (QED) is 0.782. The van der Waals surface area contributed by atoms with Crippen molar-refractivity contribution in [1.29, 1.82) is 0 Å². The molecule has 0 aliphatic heterocycles. The number of methoxy groups -OCH3 is 1. The third kappa shape index (κ3) is 3.68. The summed E-state index contributed by atoms with van der Waals surface area (Å²) in [5.74, 6) is 1.71. The second-order valence-electron chi connectivity index (χ2n) is 4.62. The number of benzene rings is 1. The number of ether oxygens (including phenoxy) is 1. The van der Waals surface area contributed by atoms with E-state index in [9.17, 15) is 0 Å². The van der Waals surface area contributed by atoms with Crippen molar-refractivity contribution in [1.82, 2.24) is 0 Å². The highest BCUT2D eigenvalue weighted by Crippen LogP contribution is 2.25. The molecule has 4 heteroatoms. The van der Waals surface area contributed by atoms with Gasteiger partial charge in [0, 0.05) is 24.2 Å². The summed E-state index contributed by atoms with van der Waals surface area (Å²) in [5, 5.41) is 3.43. The molecule has 0 aliphatic carbocycles. The van der Waals surface area contributed by atoms with Crippen LogP contribution >= 0.6 is 0 Å². The molecule has 1 atom stereocenters. The van der Waals surface area contributed by atoms with Gasteiger partial charge in [-0.2, -0.15) is 0 Å². The SMILES string of the molecule is COc1cc(NC(C)CCc2ccco2)ccc1N. The van der Waals surface area contributed by atoms with Crippen LogP contribution in [0.25, 0.3) is 0 Å². The summed E-state index contributed by atoms with van der Waals surface area (Å²) in [6.07, 6.45) is 3.63. The van der Waals surface area contributed by atoms with Gasteiger partial charge in [-0.3, -0.25) is 0 Å². The van der Waals surface area contributed by atoms with Crippen LogP contribution in [0, 0.1) is 0 Å². The molecule has 3 N–H and O–H groups in total. The van der Waals surface area contributed by atoms with E-state index in [1.54, 1.807) is 13.4 Å². The maximum absolute atomic E-state index is 5.79. The molecule has 0 saturated heterocycles. The number of furan rings is 1. The van der Waals surface area contributed by atoms with Crippen molar-refractivity contribution in [3.8, 4) is 5.75 Å². The lowest BCUT2D eigenvalue weighted by atomic mass is 10.1. The van der Waals surface area contributed by atoms with Gasteiger partial charge in [0.15, 0.2) is 0 Å². The molecule has 1 unspecified atom stereocenters. The van der Waals surface area contributed by atoms with Gasteiger partial charge in [0.05, 0.1) is 19.1 Å². The molecule has 1 heterocycles. The van der Waals surface area contributed by atoms with Gasteiger partial charge in [0.2, 0.25) is 0 Å². The minimum Gasteiger partial charge on any atom is -0.495 e. The average molecular weight is 260 g/mol. The van der Waals surface area contributed by atoms with E-state index < -0.39 is 0 Å². The minimum atomic E-state index is 0.346. The Morgan fingerprint density at radius 1 is 1.37 bits per heavy atom. The van der Waals surface area contributed by atoms with Crippen LogP contribution in [0.3, 0.4) is 0 Å². The predicted octanol–water partition coefficient (Wildman–Crippen LogP) is 3.30. The Bertz CT molecular complexity index is 509. The lowest BCUT2D eigenvalue weighted by Gasteiger charge is -2.16. The van der Waals surface area contributed by atoms with E-state index in [1.807, 2.05) is 30.3 Å². The van der Waals surface area contributed by atoms with Gasteiger partial charge in [-0.05, 0) is 37.6 Å². The maximum atomic E-state index is 5.79. The fourth-order valence-electron chi connectivity index (χ4n) is 1.97. The molecule has 0 aliphatic rings. The van der Waals surface area contributed by atoms with E-state index in [0.717, 1.165) is 24.3 Å². The Morgan fingerprint density at radius 3 is 2.89 bits per heavy atom. The number of nitrogens with two attached hydrogens (primary N) is 1. The van der Waals surface area contributed by atoms with Crippen LogP contribution < -0.4 is 15.8 Å². The van der Waals surface area contributed by atoms with Gasteiger partial charge in [0.1, 0.15) is 11.5 Å². The van der Waals surface area contributed by atoms with E-state index >= 15 is 0 Å². The molecule has 1 aromatic heterocycles. The molecule has 102 valence electrons. The van der Waals surface area contributed by atoms with Crippen LogP contribution in [-0.4, -0.2) is 13.2 Å². The molecule has 0 radical (unpaired) electrons. The Kier molecular flexibility index (Phi) is 4.34. The van der Waals surface area contributed by atoms with E-state index in [-0.39, 0.29) is 0 Å². The first-order valence-corrected chi connectivity index (χ1v) is 6.41. The highest BCUT2D eigenvalue weighted by Gasteiger charge is 2.06. The summed E-state index contributed by atoms with van der Waals surface area (Å²) in [6, 6.07) is 9.98. The number of rotatable bonds is 6. The first-order chi connectivity index (χ1) is 9.19. The molecule has 0 spiro atoms. The van der Waals surface area contributed by atoms with E-state index in [4.69, 9.17) is 14.9 Å². The first kappa shape index (κ1) is 13.3. The molecule has 0 amide bonds. The van der Waals surface area contributed by atoms with Crippen molar-refractivity contribution in [3.63, 3.8) is 0 Å². The van der Waals surface area contributed by atoms with E-state index in [0.29, 0.717) is 17.5 Å². The Labute approximate surface area is 113 Å². The second kappa shape index (κ2) is 6.18. The summed E-state index contributed by atoms with van der Waals surface area (Å²) < 4.78 is 10.5. The molecule has 0 fully saturated rings. The fraction of sp³-hybridized carbons (Fsp3) is 0.333. The second-order valence-corrected chi connectivity index (χ2v) is 4.62. The highest BCUT2D eigenvalue weighted by molar-refractivity contribution is 5.61. The van der Waals surface area contributed by atoms with Crippen LogP contribution in [0.5, 0.6) is 5.75 Å². The third-order valence-electron chi connectivity index (χ3n) is 3.05. The van der Waals surface area contributed by atoms with Crippen molar-refractivity contribution >= 4 is 11.4 Å². The normalized spacial score (nSPS) is 12.1.